The number of hydrogen-bond acceptors (Lipinski definition) is 3. The molecule has 13 aromatic rings. The molecule has 0 bridgehead atoms. The molecule has 0 saturated heterocycles. The zero-order valence-corrected chi connectivity index (χ0v) is 29.3. The van der Waals surface area contributed by atoms with E-state index in [2.05, 4.69) is 183 Å². The van der Waals surface area contributed by atoms with Gasteiger partial charge < -0.3 is 0 Å². The van der Waals surface area contributed by atoms with E-state index in [9.17, 15) is 0 Å². The fourth-order valence-corrected chi connectivity index (χ4v) is 9.22. The predicted molar refractivity (Wildman–Crippen MR) is 227 cm³/mol. The highest BCUT2D eigenvalue weighted by Gasteiger charge is 2.23. The van der Waals surface area contributed by atoms with Crippen LogP contribution in [0.4, 0.5) is 0 Å². The van der Waals surface area contributed by atoms with Gasteiger partial charge in [0, 0.05) is 32.3 Å². The van der Waals surface area contributed by atoms with Crippen LogP contribution in [0.3, 0.4) is 0 Å². The summed E-state index contributed by atoms with van der Waals surface area (Å²) in [4.78, 5) is 15.8. The lowest BCUT2D eigenvalue weighted by molar-refractivity contribution is 0.982. The van der Waals surface area contributed by atoms with Crippen LogP contribution in [0.15, 0.2) is 170 Å². The van der Waals surface area contributed by atoms with Gasteiger partial charge in [-0.1, -0.05) is 115 Å². The molecule has 0 aliphatic carbocycles. The second kappa shape index (κ2) is 10.5. The fraction of sp³-hybridized carbons (Fsp3) is 0. The average molecular weight is 701 g/mol. The average Bonchev–Trinajstić information content (AvgIpc) is 3.94. The number of fused-ring (bicyclic) bond motifs is 18. The highest BCUT2D eigenvalue weighted by Crippen LogP contribution is 2.43. The van der Waals surface area contributed by atoms with Gasteiger partial charge in [0.15, 0.2) is 0 Å². The molecule has 5 heterocycles. The molecule has 0 saturated carbocycles. The number of pyridine rings is 1. The first-order valence-electron chi connectivity index (χ1n) is 18.6. The van der Waals surface area contributed by atoms with Gasteiger partial charge in [-0.25, -0.2) is 15.0 Å². The summed E-state index contributed by atoms with van der Waals surface area (Å²) in [7, 11) is 0. The molecule has 0 N–H and O–H groups in total. The van der Waals surface area contributed by atoms with E-state index in [0.29, 0.717) is 0 Å². The second-order valence-corrected chi connectivity index (χ2v) is 14.4. The number of imidazole rings is 2. The highest BCUT2D eigenvalue weighted by molar-refractivity contribution is 6.23. The fourth-order valence-electron chi connectivity index (χ4n) is 9.22. The van der Waals surface area contributed by atoms with Gasteiger partial charge in [-0.15, -0.1) is 0 Å². The molecule has 6 nitrogen and oxygen atoms in total. The van der Waals surface area contributed by atoms with Crippen molar-refractivity contribution in [3.63, 3.8) is 0 Å². The Morgan fingerprint density at radius 1 is 0.327 bits per heavy atom. The first kappa shape index (κ1) is 28.9. The quantitative estimate of drug-likeness (QED) is 0.169. The van der Waals surface area contributed by atoms with Crippen LogP contribution in [0.1, 0.15) is 0 Å². The summed E-state index contributed by atoms with van der Waals surface area (Å²) in [5.41, 5.74) is 12.6. The molecule has 0 fully saturated rings. The molecular formula is C49H28N6. The summed E-state index contributed by atoms with van der Waals surface area (Å²) < 4.78 is 6.94. The Balaban J connectivity index is 1.17. The van der Waals surface area contributed by atoms with Crippen molar-refractivity contribution in [1.82, 2.24) is 28.3 Å². The number of nitrogens with zero attached hydrogens (tertiary/aromatic N) is 6. The molecule has 0 amide bonds. The number of hydrogen-bond donors (Lipinski definition) is 0. The smallest absolute Gasteiger partial charge is 0.221 e. The molecular weight excluding hydrogens is 673 g/mol. The summed E-state index contributed by atoms with van der Waals surface area (Å²) in [6.07, 6.45) is 0. The van der Waals surface area contributed by atoms with Crippen LogP contribution in [0.25, 0.3) is 116 Å². The Hall–Kier alpha value is -7.57. The Morgan fingerprint density at radius 3 is 1.64 bits per heavy atom. The van der Waals surface area contributed by atoms with Crippen molar-refractivity contribution in [2.75, 3.05) is 0 Å². The topological polar surface area (TPSA) is 52.4 Å². The third kappa shape index (κ3) is 3.79. The number of rotatable bonds is 2. The normalized spacial score (nSPS) is 12.4. The van der Waals surface area contributed by atoms with Crippen molar-refractivity contribution in [3.8, 4) is 17.1 Å². The second-order valence-electron chi connectivity index (χ2n) is 14.4. The summed E-state index contributed by atoms with van der Waals surface area (Å²) >= 11 is 0. The van der Waals surface area contributed by atoms with Gasteiger partial charge in [-0.05, 0) is 76.5 Å². The van der Waals surface area contributed by atoms with E-state index in [-0.39, 0.29) is 0 Å². The lowest BCUT2D eigenvalue weighted by atomic mass is 9.94. The first-order chi connectivity index (χ1) is 27.3. The van der Waals surface area contributed by atoms with Crippen molar-refractivity contribution in [2.45, 2.75) is 0 Å². The molecule has 0 aliphatic rings. The van der Waals surface area contributed by atoms with Gasteiger partial charge in [0.2, 0.25) is 5.95 Å². The molecule has 0 unspecified atom stereocenters. The van der Waals surface area contributed by atoms with Gasteiger partial charge in [0.1, 0.15) is 11.3 Å². The standard InChI is InChI=1S/C49H28N6/c1-3-16-34-31(14-1)37(29-25-26-33-30-13-2-4-17-35(30)47-50-40-20-8-11-23-43(40)53(47)45(33)27-29)28-38-32-15-6-10-22-42(32)54(46(34)38)49-52-39-19-7-5-18-36(39)48-51-41-21-9-12-24-44(41)55(48)49/h1-28H. The van der Waals surface area contributed by atoms with Crippen LogP contribution in [-0.4, -0.2) is 28.3 Å². The highest BCUT2D eigenvalue weighted by atomic mass is 15.2. The number of para-hydroxylation sites is 6. The van der Waals surface area contributed by atoms with Crippen molar-refractivity contribution in [2.24, 2.45) is 0 Å². The SMILES string of the molecule is c1ccc2c(c1)nc(-n1c3ccccc3c3cc(-c4ccc5c6ccccc6c6nc7ccccc7n6c5c4)c4ccccc4c31)n1c3ccccc3nc21. The van der Waals surface area contributed by atoms with E-state index in [1.54, 1.807) is 0 Å². The molecule has 0 radical (unpaired) electrons. The predicted octanol–water partition coefficient (Wildman–Crippen LogP) is 12.1. The summed E-state index contributed by atoms with van der Waals surface area (Å²) in [6.45, 7) is 0. The molecule has 6 heteroatoms. The molecule has 254 valence electrons. The molecule has 0 aliphatic heterocycles. The van der Waals surface area contributed by atoms with Crippen LogP contribution in [0.5, 0.6) is 0 Å². The van der Waals surface area contributed by atoms with Crippen LogP contribution >= 0.6 is 0 Å². The van der Waals surface area contributed by atoms with Gasteiger partial charge in [0.05, 0.1) is 44.1 Å². The summed E-state index contributed by atoms with van der Waals surface area (Å²) in [6, 6.07) is 60.6. The lowest BCUT2D eigenvalue weighted by Gasteiger charge is -2.15. The largest absolute Gasteiger partial charge is 0.292 e. The molecule has 8 aromatic carbocycles. The van der Waals surface area contributed by atoms with Crippen LogP contribution in [0, 0.1) is 0 Å². The van der Waals surface area contributed by atoms with E-state index in [1.165, 1.54) is 32.5 Å². The Morgan fingerprint density at radius 2 is 0.873 bits per heavy atom. The van der Waals surface area contributed by atoms with Gasteiger partial charge in [0.25, 0.3) is 0 Å². The van der Waals surface area contributed by atoms with E-state index in [0.717, 1.165) is 83.1 Å². The molecule has 0 atom stereocenters. The molecule has 5 aromatic heterocycles. The monoisotopic (exact) mass is 700 g/mol. The Labute approximate surface area is 312 Å². The van der Waals surface area contributed by atoms with E-state index < -0.39 is 0 Å². The van der Waals surface area contributed by atoms with Crippen LogP contribution < -0.4 is 0 Å². The minimum Gasteiger partial charge on any atom is -0.292 e. The number of aromatic nitrogens is 6. The van der Waals surface area contributed by atoms with Crippen molar-refractivity contribution in [1.29, 1.82) is 0 Å². The van der Waals surface area contributed by atoms with Crippen LogP contribution in [0.2, 0.25) is 0 Å². The third-order valence-corrected chi connectivity index (χ3v) is 11.6. The number of benzene rings is 8. The molecule has 0 spiro atoms. The van der Waals surface area contributed by atoms with Crippen molar-refractivity contribution >= 4 is 98.5 Å². The van der Waals surface area contributed by atoms with Crippen molar-refractivity contribution < 1.29 is 0 Å². The minimum absolute atomic E-state index is 0.818. The van der Waals surface area contributed by atoms with E-state index >= 15 is 0 Å². The Kier molecular flexibility index (Phi) is 5.54. The van der Waals surface area contributed by atoms with E-state index in [4.69, 9.17) is 15.0 Å². The minimum atomic E-state index is 0.818. The maximum atomic E-state index is 5.44. The zero-order valence-electron chi connectivity index (χ0n) is 29.3. The van der Waals surface area contributed by atoms with Crippen molar-refractivity contribution in [3.05, 3.63) is 170 Å². The first-order valence-corrected chi connectivity index (χ1v) is 18.6. The maximum absolute atomic E-state index is 5.44. The molecule has 13 rings (SSSR count). The van der Waals surface area contributed by atoms with Crippen LogP contribution in [-0.2, 0) is 0 Å². The van der Waals surface area contributed by atoms with E-state index in [1.807, 2.05) is 0 Å². The van der Waals surface area contributed by atoms with Gasteiger partial charge in [-0.3, -0.25) is 13.4 Å². The summed E-state index contributed by atoms with van der Waals surface area (Å²) in [5.74, 6) is 0.818. The molecule has 55 heavy (non-hydrogen) atoms. The summed E-state index contributed by atoms with van der Waals surface area (Å²) in [5, 5.41) is 9.28. The lowest BCUT2D eigenvalue weighted by Crippen LogP contribution is -2.06. The van der Waals surface area contributed by atoms with Gasteiger partial charge in [-0.2, -0.15) is 0 Å². The maximum Gasteiger partial charge on any atom is 0.221 e. The van der Waals surface area contributed by atoms with Gasteiger partial charge >= 0.3 is 0 Å². The third-order valence-electron chi connectivity index (χ3n) is 11.6. The Bertz CT molecular complexity index is 3790. The zero-order chi connectivity index (χ0) is 35.8.